The molecule has 1 aliphatic rings. The first-order valence-corrected chi connectivity index (χ1v) is 8.47. The molecule has 2 amide bonds. The van der Waals surface area contributed by atoms with Crippen molar-refractivity contribution in [2.45, 2.75) is 19.4 Å². The van der Waals surface area contributed by atoms with Gasteiger partial charge >= 0.3 is 0 Å². The first-order chi connectivity index (χ1) is 12.9. The van der Waals surface area contributed by atoms with Crippen molar-refractivity contribution in [3.05, 3.63) is 59.4 Å². The Morgan fingerprint density at radius 2 is 2.07 bits per heavy atom. The zero-order valence-electron chi connectivity index (χ0n) is 14.7. The van der Waals surface area contributed by atoms with E-state index in [1.54, 1.807) is 24.3 Å². The second-order valence-electron chi connectivity index (χ2n) is 6.47. The van der Waals surface area contributed by atoms with Gasteiger partial charge in [0.05, 0.1) is 17.7 Å². The number of phenolic OH excluding ortho intramolecular Hbond substituents is 1. The van der Waals surface area contributed by atoms with E-state index in [-0.39, 0.29) is 37.4 Å². The van der Waals surface area contributed by atoms with Crippen molar-refractivity contribution in [1.82, 2.24) is 4.90 Å². The van der Waals surface area contributed by atoms with Crippen LogP contribution in [0.3, 0.4) is 0 Å². The molecule has 138 valence electrons. The Labute approximate surface area is 156 Å². The molecule has 0 aliphatic carbocycles. The van der Waals surface area contributed by atoms with E-state index in [4.69, 9.17) is 0 Å². The van der Waals surface area contributed by atoms with Crippen LogP contribution in [-0.4, -0.2) is 41.0 Å². The Kier molecular flexibility index (Phi) is 5.08. The van der Waals surface area contributed by atoms with Gasteiger partial charge in [-0.1, -0.05) is 18.2 Å². The number of phenols is 1. The van der Waals surface area contributed by atoms with E-state index in [1.165, 1.54) is 21.9 Å². The number of benzene rings is 2. The molecule has 1 atom stereocenters. The minimum Gasteiger partial charge on any atom is -0.505 e. The molecular formula is C20H18FN3O3. The zero-order valence-corrected chi connectivity index (χ0v) is 14.7. The van der Waals surface area contributed by atoms with E-state index in [9.17, 15) is 24.3 Å². The average Bonchev–Trinajstić information content (AvgIpc) is 2.66. The normalized spacial score (nSPS) is 16.9. The molecule has 1 saturated heterocycles. The number of carbonyl (C=O) groups excluding carboxylic acids is 2. The summed E-state index contributed by atoms with van der Waals surface area (Å²) in [5, 5.41) is 18.5. The van der Waals surface area contributed by atoms with Gasteiger partial charge in [-0.05, 0) is 36.8 Å². The molecule has 0 saturated carbocycles. The van der Waals surface area contributed by atoms with E-state index in [1.807, 2.05) is 6.92 Å². The van der Waals surface area contributed by atoms with Gasteiger partial charge in [0, 0.05) is 12.6 Å². The third kappa shape index (κ3) is 3.75. The molecular weight excluding hydrogens is 349 g/mol. The lowest BCUT2D eigenvalue weighted by atomic mass is 10.1. The van der Waals surface area contributed by atoms with Gasteiger partial charge in [0.2, 0.25) is 11.8 Å². The quantitative estimate of drug-likeness (QED) is 0.901. The summed E-state index contributed by atoms with van der Waals surface area (Å²) < 4.78 is 13.5. The molecule has 1 N–H and O–H groups in total. The van der Waals surface area contributed by atoms with Gasteiger partial charge in [-0.2, -0.15) is 5.26 Å². The first-order valence-electron chi connectivity index (χ1n) is 8.47. The number of hydrogen-bond acceptors (Lipinski definition) is 4. The highest BCUT2D eigenvalue weighted by atomic mass is 19.1. The number of nitrogens with zero attached hydrogens (tertiary/aromatic N) is 3. The Morgan fingerprint density at radius 1 is 1.33 bits per heavy atom. The van der Waals surface area contributed by atoms with E-state index >= 15 is 0 Å². The van der Waals surface area contributed by atoms with Crippen molar-refractivity contribution < 1.29 is 19.1 Å². The van der Waals surface area contributed by atoms with Crippen LogP contribution in [0.4, 0.5) is 10.1 Å². The number of carbonyl (C=O) groups is 2. The monoisotopic (exact) mass is 367 g/mol. The lowest BCUT2D eigenvalue weighted by Crippen LogP contribution is -2.57. The summed E-state index contributed by atoms with van der Waals surface area (Å²) in [6, 6.07) is 12.4. The van der Waals surface area contributed by atoms with Gasteiger partial charge in [-0.3, -0.25) is 9.59 Å². The van der Waals surface area contributed by atoms with Crippen LogP contribution in [0.1, 0.15) is 18.1 Å². The predicted octanol–water partition coefficient (Wildman–Crippen LogP) is 2.21. The summed E-state index contributed by atoms with van der Waals surface area (Å²) in [5.41, 5.74) is 1.36. The lowest BCUT2D eigenvalue weighted by Gasteiger charge is -2.39. The number of nitriles is 1. The van der Waals surface area contributed by atoms with Gasteiger partial charge in [0.1, 0.15) is 12.6 Å². The highest BCUT2D eigenvalue weighted by Gasteiger charge is 2.33. The largest absolute Gasteiger partial charge is 0.505 e. The molecule has 2 aromatic carbocycles. The molecule has 0 bridgehead atoms. The van der Waals surface area contributed by atoms with Gasteiger partial charge in [-0.15, -0.1) is 0 Å². The van der Waals surface area contributed by atoms with Crippen LogP contribution in [-0.2, 0) is 16.0 Å². The molecule has 7 heteroatoms. The molecule has 0 unspecified atom stereocenters. The van der Waals surface area contributed by atoms with Crippen LogP contribution in [0.15, 0.2) is 42.5 Å². The number of rotatable bonds is 3. The Hall–Kier alpha value is -3.40. The third-order valence-corrected chi connectivity index (χ3v) is 4.59. The van der Waals surface area contributed by atoms with Crippen molar-refractivity contribution in [2.24, 2.45) is 0 Å². The maximum absolute atomic E-state index is 13.5. The van der Waals surface area contributed by atoms with Crippen LogP contribution in [0.5, 0.6) is 5.75 Å². The van der Waals surface area contributed by atoms with Crippen molar-refractivity contribution in [3.63, 3.8) is 0 Å². The molecule has 0 aromatic heterocycles. The molecule has 1 fully saturated rings. The Balaban J connectivity index is 1.75. The second-order valence-corrected chi connectivity index (χ2v) is 6.47. The molecule has 3 rings (SSSR count). The van der Waals surface area contributed by atoms with Crippen molar-refractivity contribution in [1.29, 1.82) is 5.26 Å². The summed E-state index contributed by atoms with van der Waals surface area (Å²) >= 11 is 0. The maximum atomic E-state index is 13.5. The molecule has 0 spiro atoms. The SMILES string of the molecule is C[C@H]1CN(c2ccccc2C#N)C(=O)CN1C(=O)Cc1ccc(O)c(F)c1. The number of hydrogen-bond donors (Lipinski definition) is 1. The van der Waals surface area contributed by atoms with Crippen molar-refractivity contribution in [3.8, 4) is 11.8 Å². The van der Waals surface area contributed by atoms with E-state index in [0.717, 1.165) is 6.07 Å². The summed E-state index contributed by atoms with van der Waals surface area (Å²) in [4.78, 5) is 28.2. The second kappa shape index (κ2) is 7.46. The van der Waals surface area contributed by atoms with E-state index < -0.39 is 11.6 Å². The van der Waals surface area contributed by atoms with Crippen LogP contribution in [0.2, 0.25) is 0 Å². The molecule has 1 heterocycles. The number of anilines is 1. The van der Waals surface area contributed by atoms with E-state index in [2.05, 4.69) is 6.07 Å². The molecule has 2 aromatic rings. The van der Waals surface area contributed by atoms with Crippen molar-refractivity contribution in [2.75, 3.05) is 18.0 Å². The number of halogens is 1. The molecule has 0 radical (unpaired) electrons. The summed E-state index contributed by atoms with van der Waals surface area (Å²) in [7, 11) is 0. The smallest absolute Gasteiger partial charge is 0.246 e. The van der Waals surface area contributed by atoms with Gasteiger partial charge in [0.25, 0.3) is 0 Å². The summed E-state index contributed by atoms with van der Waals surface area (Å²) in [5.74, 6) is -1.84. The van der Waals surface area contributed by atoms with Gasteiger partial charge in [-0.25, -0.2) is 4.39 Å². The molecule has 6 nitrogen and oxygen atoms in total. The van der Waals surface area contributed by atoms with Crippen LogP contribution in [0.25, 0.3) is 0 Å². The van der Waals surface area contributed by atoms with Crippen molar-refractivity contribution >= 4 is 17.5 Å². The highest BCUT2D eigenvalue weighted by molar-refractivity contribution is 5.99. The fraction of sp³-hybridized carbons (Fsp3) is 0.250. The summed E-state index contributed by atoms with van der Waals surface area (Å²) in [6.45, 7) is 1.98. The van der Waals surface area contributed by atoms with Crippen LogP contribution < -0.4 is 4.90 Å². The number of para-hydroxylation sites is 1. The molecule has 1 aliphatic heterocycles. The predicted molar refractivity (Wildman–Crippen MR) is 96.5 cm³/mol. The minimum absolute atomic E-state index is 0.0659. The highest BCUT2D eigenvalue weighted by Crippen LogP contribution is 2.24. The van der Waals surface area contributed by atoms with Crippen LogP contribution in [0, 0.1) is 17.1 Å². The molecule has 27 heavy (non-hydrogen) atoms. The van der Waals surface area contributed by atoms with Gasteiger partial charge in [0.15, 0.2) is 11.6 Å². The number of amides is 2. The standard InChI is InChI=1S/C20H18FN3O3/c1-13-11-24(17-5-3-2-4-15(17)10-22)20(27)12-23(13)19(26)9-14-6-7-18(25)16(21)8-14/h2-8,13,25H,9,11-12H2,1H3/t13-/m0/s1. The number of aromatic hydroxyl groups is 1. The summed E-state index contributed by atoms with van der Waals surface area (Å²) in [6.07, 6.45) is -0.0659. The van der Waals surface area contributed by atoms with Crippen LogP contribution >= 0.6 is 0 Å². The Bertz CT molecular complexity index is 938. The van der Waals surface area contributed by atoms with E-state index in [0.29, 0.717) is 16.8 Å². The average molecular weight is 367 g/mol. The first kappa shape index (κ1) is 18.4. The third-order valence-electron chi connectivity index (χ3n) is 4.59. The fourth-order valence-electron chi connectivity index (χ4n) is 3.16. The maximum Gasteiger partial charge on any atom is 0.246 e. The lowest BCUT2D eigenvalue weighted by molar-refractivity contribution is -0.138. The number of piperazine rings is 1. The van der Waals surface area contributed by atoms with Gasteiger partial charge < -0.3 is 14.9 Å². The Morgan fingerprint density at radius 3 is 2.78 bits per heavy atom. The fourth-order valence-corrected chi connectivity index (χ4v) is 3.16. The zero-order chi connectivity index (χ0) is 19.6. The topological polar surface area (TPSA) is 84.6 Å². The minimum atomic E-state index is -0.789.